The lowest BCUT2D eigenvalue weighted by molar-refractivity contribution is 0.0282. The number of likely N-dealkylation sites (tertiary alicyclic amines) is 1. The van der Waals surface area contributed by atoms with Gasteiger partial charge in [0.2, 0.25) is 5.13 Å². The Morgan fingerprint density at radius 3 is 2.33 bits per heavy atom. The predicted molar refractivity (Wildman–Crippen MR) is 84.6 cm³/mol. The van der Waals surface area contributed by atoms with Crippen LogP contribution in [0.1, 0.15) is 20.8 Å². The fourth-order valence-corrected chi connectivity index (χ4v) is 4.06. The molecule has 1 aromatic heterocycles. The summed E-state index contributed by atoms with van der Waals surface area (Å²) < 4.78 is 6.26. The molecule has 8 heteroatoms. The van der Waals surface area contributed by atoms with Crippen molar-refractivity contribution < 1.29 is 9.53 Å². The minimum Gasteiger partial charge on any atom is -0.444 e. The van der Waals surface area contributed by atoms with Gasteiger partial charge in [-0.1, -0.05) is 11.3 Å². The molecule has 2 aliphatic heterocycles. The highest BCUT2D eigenvalue weighted by molar-refractivity contribution is 9.11. The fourth-order valence-electron chi connectivity index (χ4n) is 2.95. The van der Waals surface area contributed by atoms with Crippen molar-refractivity contribution in [3.63, 3.8) is 0 Å². The summed E-state index contributed by atoms with van der Waals surface area (Å²) in [6.45, 7) is 9.12. The SMILES string of the molecule is CC(C)(C)OC(=O)N1CC2CN(c3nnc(Br)s3)CC2C1. The van der Waals surface area contributed by atoms with Crippen LogP contribution in [-0.4, -0.2) is 53.0 Å². The van der Waals surface area contributed by atoms with Crippen molar-refractivity contribution in [3.05, 3.63) is 3.92 Å². The maximum Gasteiger partial charge on any atom is 0.410 e. The third-order valence-electron chi connectivity index (χ3n) is 3.80. The Morgan fingerprint density at radius 2 is 1.86 bits per heavy atom. The number of hydrogen-bond donors (Lipinski definition) is 0. The molecular weight excluding hydrogens is 356 g/mol. The van der Waals surface area contributed by atoms with Gasteiger partial charge in [-0.15, -0.1) is 10.2 Å². The monoisotopic (exact) mass is 374 g/mol. The molecule has 0 aromatic carbocycles. The summed E-state index contributed by atoms with van der Waals surface area (Å²) in [7, 11) is 0. The Hall–Kier alpha value is -0.890. The highest BCUT2D eigenvalue weighted by atomic mass is 79.9. The minimum absolute atomic E-state index is 0.192. The Labute approximate surface area is 136 Å². The molecule has 2 unspecified atom stereocenters. The topological polar surface area (TPSA) is 58.6 Å². The molecule has 21 heavy (non-hydrogen) atoms. The van der Waals surface area contributed by atoms with E-state index in [1.807, 2.05) is 25.7 Å². The summed E-state index contributed by atoms with van der Waals surface area (Å²) >= 11 is 4.90. The number of carbonyl (C=O) groups excluding carboxylic acids is 1. The quantitative estimate of drug-likeness (QED) is 0.755. The molecule has 0 saturated carbocycles. The summed E-state index contributed by atoms with van der Waals surface area (Å²) in [5, 5.41) is 9.13. The van der Waals surface area contributed by atoms with Crippen molar-refractivity contribution >= 4 is 38.5 Å². The zero-order valence-electron chi connectivity index (χ0n) is 12.4. The molecule has 0 spiro atoms. The molecule has 2 fully saturated rings. The normalized spacial score (nSPS) is 25.3. The van der Waals surface area contributed by atoms with E-state index in [9.17, 15) is 4.79 Å². The van der Waals surface area contributed by atoms with E-state index in [1.54, 1.807) is 11.3 Å². The van der Waals surface area contributed by atoms with Crippen LogP contribution in [0.3, 0.4) is 0 Å². The van der Waals surface area contributed by atoms with Crippen LogP contribution in [0, 0.1) is 11.8 Å². The standard InChI is InChI=1S/C13H19BrN4O2S/c1-13(2,3)20-12(19)18-6-8-4-17(5-9(8)7-18)11-16-15-10(14)21-11/h8-9H,4-7H2,1-3H3. The summed E-state index contributed by atoms with van der Waals surface area (Å²) in [5.41, 5.74) is -0.431. The number of amides is 1. The lowest BCUT2D eigenvalue weighted by atomic mass is 10.0. The molecule has 0 N–H and O–H groups in total. The number of fused-ring (bicyclic) bond motifs is 1. The number of rotatable bonds is 1. The molecule has 1 aromatic rings. The number of anilines is 1. The minimum atomic E-state index is -0.431. The summed E-state index contributed by atoms with van der Waals surface area (Å²) in [6, 6.07) is 0. The number of nitrogens with zero attached hydrogens (tertiary/aromatic N) is 4. The van der Waals surface area contributed by atoms with Gasteiger partial charge in [-0.2, -0.15) is 0 Å². The lowest BCUT2D eigenvalue weighted by Gasteiger charge is -2.25. The molecule has 0 radical (unpaired) electrons. The van der Waals surface area contributed by atoms with Gasteiger partial charge in [-0.25, -0.2) is 4.79 Å². The molecule has 0 aliphatic carbocycles. The first kappa shape index (κ1) is 15.0. The zero-order chi connectivity index (χ0) is 15.2. The van der Waals surface area contributed by atoms with E-state index in [0.717, 1.165) is 35.2 Å². The molecule has 3 rings (SSSR count). The van der Waals surface area contributed by atoms with Crippen LogP contribution in [0.4, 0.5) is 9.93 Å². The van der Waals surface area contributed by atoms with Crippen molar-refractivity contribution in [2.75, 3.05) is 31.1 Å². The van der Waals surface area contributed by atoms with E-state index in [0.29, 0.717) is 11.8 Å². The summed E-state index contributed by atoms with van der Waals surface area (Å²) in [6.07, 6.45) is -0.192. The van der Waals surface area contributed by atoms with Crippen LogP contribution in [0.25, 0.3) is 0 Å². The molecular formula is C13H19BrN4O2S. The maximum absolute atomic E-state index is 12.1. The molecule has 0 bridgehead atoms. The van der Waals surface area contributed by atoms with Gasteiger partial charge in [0.05, 0.1) is 0 Å². The van der Waals surface area contributed by atoms with Crippen LogP contribution in [0.15, 0.2) is 3.92 Å². The molecule has 116 valence electrons. The highest BCUT2D eigenvalue weighted by Gasteiger charge is 2.43. The number of hydrogen-bond acceptors (Lipinski definition) is 6. The third kappa shape index (κ3) is 3.31. The van der Waals surface area contributed by atoms with E-state index in [-0.39, 0.29) is 6.09 Å². The largest absolute Gasteiger partial charge is 0.444 e. The van der Waals surface area contributed by atoms with Gasteiger partial charge in [0.1, 0.15) is 5.60 Å². The molecule has 1 amide bonds. The van der Waals surface area contributed by atoms with Crippen molar-refractivity contribution in [1.82, 2.24) is 15.1 Å². The summed E-state index contributed by atoms with van der Waals surface area (Å²) in [5.74, 6) is 1.00. The average Bonchev–Trinajstić information content (AvgIpc) is 2.98. The van der Waals surface area contributed by atoms with Crippen molar-refractivity contribution in [1.29, 1.82) is 0 Å². The van der Waals surface area contributed by atoms with Crippen LogP contribution < -0.4 is 4.90 Å². The van der Waals surface area contributed by atoms with Crippen molar-refractivity contribution in [2.45, 2.75) is 26.4 Å². The fraction of sp³-hybridized carbons (Fsp3) is 0.769. The maximum atomic E-state index is 12.1. The van der Waals surface area contributed by atoms with Crippen molar-refractivity contribution in [2.24, 2.45) is 11.8 Å². The van der Waals surface area contributed by atoms with Gasteiger partial charge in [0.15, 0.2) is 3.92 Å². The van der Waals surface area contributed by atoms with E-state index in [2.05, 4.69) is 31.0 Å². The van der Waals surface area contributed by atoms with E-state index in [4.69, 9.17) is 4.74 Å². The van der Waals surface area contributed by atoms with E-state index < -0.39 is 5.60 Å². The number of carbonyl (C=O) groups is 1. The first-order valence-corrected chi connectivity index (χ1v) is 8.64. The van der Waals surface area contributed by atoms with Crippen molar-refractivity contribution in [3.8, 4) is 0 Å². The Balaban J connectivity index is 1.58. The molecule has 2 saturated heterocycles. The smallest absolute Gasteiger partial charge is 0.410 e. The average molecular weight is 375 g/mol. The second-order valence-electron chi connectivity index (χ2n) is 6.65. The second kappa shape index (κ2) is 5.39. The third-order valence-corrected chi connectivity index (χ3v) is 5.21. The molecule has 2 atom stereocenters. The van der Waals surface area contributed by atoms with Gasteiger partial charge >= 0.3 is 6.09 Å². The van der Waals surface area contributed by atoms with Gasteiger partial charge in [-0.3, -0.25) is 0 Å². The predicted octanol–water partition coefficient (Wildman–Crippen LogP) is 2.60. The first-order chi connectivity index (χ1) is 9.82. The van der Waals surface area contributed by atoms with Gasteiger partial charge in [0, 0.05) is 38.0 Å². The lowest BCUT2D eigenvalue weighted by Crippen LogP contribution is -2.37. The van der Waals surface area contributed by atoms with E-state index >= 15 is 0 Å². The highest BCUT2D eigenvalue weighted by Crippen LogP contribution is 2.36. The molecule has 2 aliphatic rings. The summed E-state index contributed by atoms with van der Waals surface area (Å²) in [4.78, 5) is 16.2. The Morgan fingerprint density at radius 1 is 1.24 bits per heavy atom. The Kier molecular flexibility index (Phi) is 3.85. The van der Waals surface area contributed by atoms with Crippen LogP contribution >= 0.6 is 27.3 Å². The van der Waals surface area contributed by atoms with Crippen LogP contribution in [0.5, 0.6) is 0 Å². The first-order valence-electron chi connectivity index (χ1n) is 7.04. The number of aromatic nitrogens is 2. The van der Waals surface area contributed by atoms with E-state index in [1.165, 1.54) is 0 Å². The number of halogens is 1. The molecule has 6 nitrogen and oxygen atoms in total. The number of ether oxygens (including phenoxy) is 1. The second-order valence-corrected chi connectivity index (χ2v) is 8.88. The van der Waals surface area contributed by atoms with Gasteiger partial charge in [0.25, 0.3) is 0 Å². The van der Waals surface area contributed by atoms with Gasteiger partial charge < -0.3 is 14.5 Å². The van der Waals surface area contributed by atoms with Crippen LogP contribution in [-0.2, 0) is 4.74 Å². The Bertz CT molecular complexity index is 531. The zero-order valence-corrected chi connectivity index (χ0v) is 14.8. The molecule has 3 heterocycles. The van der Waals surface area contributed by atoms with Crippen LogP contribution in [0.2, 0.25) is 0 Å². The van der Waals surface area contributed by atoms with Gasteiger partial charge in [-0.05, 0) is 36.7 Å².